The zero-order valence-corrected chi connectivity index (χ0v) is 18.5. The Balaban J connectivity index is 1.90. The van der Waals surface area contributed by atoms with Gasteiger partial charge in [-0.3, -0.25) is 0 Å². The number of hydrogen-bond donors (Lipinski definition) is 0. The summed E-state index contributed by atoms with van der Waals surface area (Å²) in [6.45, 7) is 2.25. The minimum atomic E-state index is -1.90. The van der Waals surface area contributed by atoms with Crippen LogP contribution in [0.2, 0.25) is 17.3 Å². The van der Waals surface area contributed by atoms with Gasteiger partial charge in [-0.15, -0.1) is 0 Å². The van der Waals surface area contributed by atoms with Crippen molar-refractivity contribution >= 4 is 51.0 Å². The van der Waals surface area contributed by atoms with Gasteiger partial charge in [0.05, 0.1) is 0 Å². The number of aromatic nitrogens is 1. The Morgan fingerprint density at radius 2 is 1.73 bits per heavy atom. The van der Waals surface area contributed by atoms with E-state index >= 15 is 0 Å². The van der Waals surface area contributed by atoms with Gasteiger partial charge < -0.3 is 0 Å². The maximum atomic E-state index is 4.82. The van der Waals surface area contributed by atoms with E-state index in [1.807, 2.05) is 18.0 Å². The third-order valence-corrected chi connectivity index (χ3v) is 10.9. The molecule has 0 atom stereocenters. The van der Waals surface area contributed by atoms with Gasteiger partial charge >= 0.3 is 161 Å². The number of benzene rings is 3. The van der Waals surface area contributed by atoms with Crippen LogP contribution in [0.3, 0.4) is 0 Å². The van der Waals surface area contributed by atoms with Gasteiger partial charge in [0, 0.05) is 0 Å². The van der Waals surface area contributed by atoms with Crippen molar-refractivity contribution in [1.82, 2.24) is 4.98 Å². The Labute approximate surface area is 161 Å². The summed E-state index contributed by atoms with van der Waals surface area (Å²) in [5.41, 5.74) is 3.80. The van der Waals surface area contributed by atoms with Gasteiger partial charge in [-0.2, -0.15) is 0 Å². The van der Waals surface area contributed by atoms with E-state index in [1.165, 1.54) is 42.5 Å². The Kier molecular flexibility index (Phi) is 3.54. The summed E-state index contributed by atoms with van der Waals surface area (Å²) >= 11 is 0.0353. The van der Waals surface area contributed by atoms with E-state index in [4.69, 9.17) is 4.98 Å². The molecule has 0 bridgehead atoms. The van der Waals surface area contributed by atoms with Crippen LogP contribution in [0.25, 0.3) is 32.8 Å². The van der Waals surface area contributed by atoms with Gasteiger partial charge in [0.1, 0.15) is 0 Å². The normalized spacial score (nSPS) is 13.2. The Hall–Kier alpha value is -1.78. The molecule has 0 N–H and O–H groups in total. The molecule has 1 nitrogen and oxygen atoms in total. The van der Waals surface area contributed by atoms with Gasteiger partial charge in [-0.1, -0.05) is 0 Å². The van der Waals surface area contributed by atoms with Crippen LogP contribution in [0.1, 0.15) is 5.56 Å². The summed E-state index contributed by atoms with van der Waals surface area (Å²) in [5.74, 6) is 7.41. The molecule has 1 aliphatic rings. The number of aryl methyl sites for hydroxylation is 1. The molecule has 4 aromatic rings. The molecular formula is C23H21GeNS. The summed E-state index contributed by atoms with van der Waals surface area (Å²) in [6.07, 6.45) is 1.98. The molecule has 0 saturated carbocycles. The van der Waals surface area contributed by atoms with Gasteiger partial charge in [-0.05, 0) is 0 Å². The average Bonchev–Trinajstić information content (AvgIpc) is 2.62. The average molecular weight is 416 g/mol. The molecule has 1 aliphatic heterocycles. The number of rotatable bonds is 1. The van der Waals surface area contributed by atoms with Crippen molar-refractivity contribution in [3.05, 3.63) is 60.3 Å². The van der Waals surface area contributed by atoms with Crippen molar-refractivity contribution in [1.29, 1.82) is 0 Å². The molecule has 128 valence electrons. The Bertz CT molecular complexity index is 1200. The number of pyridine rings is 1. The maximum absolute atomic E-state index is 4.82. The third-order valence-electron chi connectivity index (χ3n) is 5.41. The molecule has 0 spiro atoms. The van der Waals surface area contributed by atoms with Crippen LogP contribution in [0, 0.1) is 6.92 Å². The van der Waals surface area contributed by atoms with Crippen LogP contribution in [-0.2, 0) is 0 Å². The van der Waals surface area contributed by atoms with Crippen molar-refractivity contribution in [2.75, 3.05) is 0 Å². The van der Waals surface area contributed by atoms with E-state index in [-0.39, 0.29) is 0 Å². The first-order valence-corrected chi connectivity index (χ1v) is 17.2. The third kappa shape index (κ3) is 2.35. The first-order chi connectivity index (χ1) is 12.4. The van der Waals surface area contributed by atoms with Gasteiger partial charge in [0.15, 0.2) is 0 Å². The fourth-order valence-corrected chi connectivity index (χ4v) is 7.84. The molecule has 3 heteroatoms. The predicted octanol–water partition coefficient (Wildman–Crippen LogP) is 6.37. The van der Waals surface area contributed by atoms with E-state index in [2.05, 4.69) is 72.7 Å². The number of hydrogen-bond acceptors (Lipinski definition) is 2. The second-order valence-corrected chi connectivity index (χ2v) is 19.9. The van der Waals surface area contributed by atoms with Gasteiger partial charge in [0.2, 0.25) is 0 Å². The molecule has 3 aromatic carbocycles. The fraction of sp³-hybridized carbons (Fsp3) is 0.174. The summed E-state index contributed by atoms with van der Waals surface area (Å²) in [4.78, 5) is 7.57. The van der Waals surface area contributed by atoms with E-state index < -0.39 is 13.3 Å². The van der Waals surface area contributed by atoms with E-state index in [0.717, 1.165) is 5.69 Å². The summed E-state index contributed by atoms with van der Waals surface area (Å²) in [6, 6.07) is 18.1. The molecule has 26 heavy (non-hydrogen) atoms. The molecule has 5 rings (SSSR count). The van der Waals surface area contributed by atoms with Gasteiger partial charge in [0.25, 0.3) is 0 Å². The van der Waals surface area contributed by atoms with Crippen molar-refractivity contribution in [2.24, 2.45) is 0 Å². The first-order valence-electron chi connectivity index (χ1n) is 9.07. The molecule has 0 aliphatic carbocycles. The summed E-state index contributed by atoms with van der Waals surface area (Å²) in [7, 11) is 0. The molecule has 0 amide bonds. The van der Waals surface area contributed by atoms with E-state index in [1.54, 1.807) is 4.40 Å². The van der Waals surface area contributed by atoms with Crippen LogP contribution < -0.4 is 4.40 Å². The van der Waals surface area contributed by atoms with Crippen molar-refractivity contribution in [3.63, 3.8) is 0 Å². The van der Waals surface area contributed by atoms with Crippen LogP contribution in [-0.4, -0.2) is 18.3 Å². The monoisotopic (exact) mass is 417 g/mol. The molecular weight excluding hydrogens is 395 g/mol. The van der Waals surface area contributed by atoms with Crippen LogP contribution >= 0.6 is 11.8 Å². The SMILES string of the molecule is Cc1c2c(cc3ccccc13)-c1nccc3c[c]([Ge]([CH3])([CH3])[CH3])cc(c13)S2. The number of nitrogens with zero attached hydrogens (tertiary/aromatic N) is 1. The first kappa shape index (κ1) is 16.4. The molecule has 2 heterocycles. The fourth-order valence-electron chi connectivity index (χ4n) is 3.92. The van der Waals surface area contributed by atoms with Crippen molar-refractivity contribution < 1.29 is 0 Å². The molecule has 0 radical (unpaired) electrons. The topological polar surface area (TPSA) is 12.9 Å². The zero-order chi connectivity index (χ0) is 18.1. The zero-order valence-electron chi connectivity index (χ0n) is 15.6. The second-order valence-electron chi connectivity index (χ2n) is 8.18. The van der Waals surface area contributed by atoms with Crippen molar-refractivity contribution in [3.8, 4) is 11.3 Å². The van der Waals surface area contributed by atoms with Crippen LogP contribution in [0.5, 0.6) is 0 Å². The number of fused-ring (bicyclic) bond motifs is 3. The Morgan fingerprint density at radius 1 is 0.923 bits per heavy atom. The van der Waals surface area contributed by atoms with Crippen molar-refractivity contribution in [2.45, 2.75) is 34.0 Å². The Morgan fingerprint density at radius 3 is 2.54 bits per heavy atom. The molecule has 0 fully saturated rings. The summed E-state index contributed by atoms with van der Waals surface area (Å²) in [5, 5.41) is 5.31. The van der Waals surface area contributed by atoms with Crippen LogP contribution in [0.4, 0.5) is 0 Å². The van der Waals surface area contributed by atoms with E-state index in [9.17, 15) is 0 Å². The molecule has 0 unspecified atom stereocenters. The predicted molar refractivity (Wildman–Crippen MR) is 117 cm³/mol. The van der Waals surface area contributed by atoms with E-state index in [0.29, 0.717) is 0 Å². The second kappa shape index (κ2) is 5.61. The standard InChI is InChI=1S/C23H21GeNS/c1-14-18-8-6-5-7-15(18)12-19-22-21-16(9-10-25-22)11-17(24(2,3)4)13-20(21)26-23(14)19/h5-13H,1-4H3. The van der Waals surface area contributed by atoms with Crippen LogP contribution in [0.15, 0.2) is 64.5 Å². The summed E-state index contributed by atoms with van der Waals surface area (Å²) < 4.78 is 1.57. The molecule has 0 saturated heterocycles. The van der Waals surface area contributed by atoms with Gasteiger partial charge in [-0.25, -0.2) is 0 Å². The quantitative estimate of drug-likeness (QED) is 0.295. The minimum absolute atomic E-state index is 1.15. The molecule has 1 aromatic heterocycles.